The highest BCUT2D eigenvalue weighted by Gasteiger charge is 2.29. The summed E-state index contributed by atoms with van der Waals surface area (Å²) in [6.45, 7) is 10.5. The van der Waals surface area contributed by atoms with Crippen molar-refractivity contribution in [3.05, 3.63) is 0 Å². The van der Waals surface area contributed by atoms with Crippen molar-refractivity contribution in [1.82, 2.24) is 15.5 Å². The Kier molecular flexibility index (Phi) is 10.2. The summed E-state index contributed by atoms with van der Waals surface area (Å²) in [5.41, 5.74) is 0. The van der Waals surface area contributed by atoms with Crippen LogP contribution in [0.5, 0.6) is 0 Å². The lowest BCUT2D eigenvalue weighted by Crippen LogP contribution is -2.44. The fraction of sp³-hybridized carbons (Fsp3) is 0.941. The maximum absolute atomic E-state index is 4.35. The maximum atomic E-state index is 4.35. The molecular weight excluding hydrogens is 419 g/mol. The third kappa shape index (κ3) is 7.82. The molecule has 0 aromatic carbocycles. The quantitative estimate of drug-likeness (QED) is 0.280. The van der Waals surface area contributed by atoms with Gasteiger partial charge in [0.1, 0.15) is 0 Å². The maximum Gasteiger partial charge on any atom is 0.191 e. The van der Waals surface area contributed by atoms with Crippen molar-refractivity contribution in [1.29, 1.82) is 0 Å². The number of rotatable bonds is 6. The zero-order chi connectivity index (χ0) is 15.8. The Balaban J connectivity index is 0.00000264. The molecule has 2 saturated heterocycles. The van der Waals surface area contributed by atoms with Gasteiger partial charge in [0.15, 0.2) is 5.96 Å². The van der Waals surface area contributed by atoms with E-state index in [9.17, 15) is 0 Å². The largest absolute Gasteiger partial charge is 0.356 e. The predicted octanol–water partition coefficient (Wildman–Crippen LogP) is 3.18. The van der Waals surface area contributed by atoms with Crippen molar-refractivity contribution in [2.45, 2.75) is 50.7 Å². The molecule has 6 heteroatoms. The molecule has 2 rings (SSSR count). The van der Waals surface area contributed by atoms with Crippen LogP contribution in [-0.4, -0.2) is 61.1 Å². The summed E-state index contributed by atoms with van der Waals surface area (Å²) < 4.78 is 0.391. The van der Waals surface area contributed by atoms with Gasteiger partial charge in [-0.3, -0.25) is 4.99 Å². The topological polar surface area (TPSA) is 39.7 Å². The Morgan fingerprint density at radius 2 is 2.04 bits per heavy atom. The third-order valence-corrected chi connectivity index (χ3v) is 6.51. The lowest BCUT2D eigenvalue weighted by molar-refractivity contribution is 0.191. The first-order valence-corrected chi connectivity index (χ1v) is 9.91. The number of hydrogen-bond acceptors (Lipinski definition) is 3. The Bertz CT molecular complexity index is 351. The summed E-state index contributed by atoms with van der Waals surface area (Å²) in [4.78, 5) is 6.95. The molecule has 136 valence electrons. The van der Waals surface area contributed by atoms with Crippen LogP contribution in [0.1, 0.15) is 46.0 Å². The summed E-state index contributed by atoms with van der Waals surface area (Å²) in [6, 6.07) is 0. The summed E-state index contributed by atoms with van der Waals surface area (Å²) >= 11 is 2.09. The number of guanidine groups is 1. The van der Waals surface area contributed by atoms with Gasteiger partial charge >= 0.3 is 0 Å². The normalized spacial score (nSPS) is 26.8. The van der Waals surface area contributed by atoms with Crippen LogP contribution >= 0.6 is 35.7 Å². The van der Waals surface area contributed by atoms with Crippen LogP contribution in [0.2, 0.25) is 0 Å². The van der Waals surface area contributed by atoms with Crippen molar-refractivity contribution in [2.75, 3.05) is 45.5 Å². The first-order valence-electron chi connectivity index (χ1n) is 8.92. The van der Waals surface area contributed by atoms with Gasteiger partial charge in [-0.15, -0.1) is 24.0 Å². The number of aliphatic imine (C=N–C) groups is 1. The average Bonchev–Trinajstić information content (AvgIpc) is 2.95. The van der Waals surface area contributed by atoms with Gasteiger partial charge in [0.25, 0.3) is 0 Å². The van der Waals surface area contributed by atoms with Crippen molar-refractivity contribution in [3.63, 3.8) is 0 Å². The molecule has 1 atom stereocenters. The molecule has 4 nitrogen and oxygen atoms in total. The second-order valence-electron chi connectivity index (χ2n) is 7.13. The second-order valence-corrected chi connectivity index (χ2v) is 8.81. The predicted molar refractivity (Wildman–Crippen MR) is 114 cm³/mol. The molecule has 0 spiro atoms. The molecule has 1 unspecified atom stereocenters. The number of halogens is 1. The smallest absolute Gasteiger partial charge is 0.191 e. The first kappa shape index (κ1) is 21.4. The average molecular weight is 454 g/mol. The molecular formula is C17H35IN4S. The number of hydrogen-bond donors (Lipinski definition) is 2. The molecule has 0 saturated carbocycles. The molecule has 0 aliphatic carbocycles. The van der Waals surface area contributed by atoms with Crippen molar-refractivity contribution < 1.29 is 0 Å². The number of nitrogens with zero attached hydrogens (tertiary/aromatic N) is 2. The van der Waals surface area contributed by atoms with Crippen molar-refractivity contribution >= 4 is 41.7 Å². The molecule has 2 aliphatic heterocycles. The highest BCUT2D eigenvalue weighted by Crippen LogP contribution is 2.36. The van der Waals surface area contributed by atoms with Crippen LogP contribution in [0.3, 0.4) is 0 Å². The standard InChI is InChI=1S/C17H34N4S.HI/c1-15-6-11-21(12-7-15)10-5-9-19-16(18-3)20-14-17(2)8-4-13-22-17;/h15H,4-14H2,1-3H3,(H2,18,19,20);1H. The van der Waals surface area contributed by atoms with Gasteiger partial charge in [0.2, 0.25) is 0 Å². The fourth-order valence-electron chi connectivity index (χ4n) is 3.26. The highest BCUT2D eigenvalue weighted by atomic mass is 127. The number of piperidine rings is 1. The van der Waals surface area contributed by atoms with Gasteiger partial charge in [-0.25, -0.2) is 0 Å². The molecule has 2 heterocycles. The van der Waals surface area contributed by atoms with Gasteiger partial charge in [-0.05, 0) is 70.3 Å². The second kappa shape index (κ2) is 11.0. The van der Waals surface area contributed by atoms with E-state index in [2.05, 4.69) is 46.1 Å². The number of thioether (sulfide) groups is 1. The molecule has 23 heavy (non-hydrogen) atoms. The van der Waals surface area contributed by atoms with Crippen molar-refractivity contribution in [2.24, 2.45) is 10.9 Å². The Morgan fingerprint density at radius 3 is 2.65 bits per heavy atom. The Morgan fingerprint density at radius 1 is 1.30 bits per heavy atom. The Labute approximate surface area is 164 Å². The van der Waals surface area contributed by atoms with Crippen LogP contribution in [-0.2, 0) is 0 Å². The van der Waals surface area contributed by atoms with Gasteiger partial charge in [-0.1, -0.05) is 6.92 Å². The highest BCUT2D eigenvalue weighted by molar-refractivity contribution is 14.0. The minimum atomic E-state index is 0. The molecule has 0 aromatic rings. The van der Waals surface area contributed by atoms with Crippen LogP contribution in [0, 0.1) is 5.92 Å². The molecule has 2 fully saturated rings. The summed E-state index contributed by atoms with van der Waals surface area (Å²) in [6.07, 6.45) is 6.60. The molecule has 0 bridgehead atoms. The van der Waals surface area contributed by atoms with Crippen LogP contribution in [0.15, 0.2) is 4.99 Å². The van der Waals surface area contributed by atoms with Crippen LogP contribution in [0.4, 0.5) is 0 Å². The van der Waals surface area contributed by atoms with Gasteiger partial charge < -0.3 is 15.5 Å². The molecule has 2 N–H and O–H groups in total. The molecule has 0 radical (unpaired) electrons. The van der Waals surface area contributed by atoms with E-state index in [-0.39, 0.29) is 24.0 Å². The third-order valence-electron chi connectivity index (χ3n) is 4.97. The summed E-state index contributed by atoms with van der Waals surface area (Å²) in [5.74, 6) is 3.19. The SMILES string of the molecule is CN=C(NCCCN1CCC(C)CC1)NCC1(C)CCCS1.I. The minimum absolute atomic E-state index is 0. The lowest BCUT2D eigenvalue weighted by atomic mass is 9.99. The van der Waals surface area contributed by atoms with E-state index in [0.717, 1.165) is 25.0 Å². The van der Waals surface area contributed by atoms with E-state index in [1.54, 1.807) is 0 Å². The van der Waals surface area contributed by atoms with Crippen molar-refractivity contribution in [3.8, 4) is 0 Å². The van der Waals surface area contributed by atoms with Gasteiger partial charge in [0.05, 0.1) is 0 Å². The van der Waals surface area contributed by atoms with Crippen LogP contribution < -0.4 is 10.6 Å². The van der Waals surface area contributed by atoms with E-state index in [0.29, 0.717) is 4.75 Å². The zero-order valence-electron chi connectivity index (χ0n) is 15.1. The zero-order valence-corrected chi connectivity index (χ0v) is 18.2. The summed E-state index contributed by atoms with van der Waals surface area (Å²) in [5, 5.41) is 6.96. The van der Waals surface area contributed by atoms with Gasteiger partial charge in [-0.2, -0.15) is 11.8 Å². The minimum Gasteiger partial charge on any atom is -0.356 e. The van der Waals surface area contributed by atoms with E-state index >= 15 is 0 Å². The van der Waals surface area contributed by atoms with E-state index < -0.39 is 0 Å². The van der Waals surface area contributed by atoms with Gasteiger partial charge in [0, 0.05) is 24.9 Å². The lowest BCUT2D eigenvalue weighted by Gasteiger charge is -2.30. The molecule has 0 amide bonds. The fourth-order valence-corrected chi connectivity index (χ4v) is 4.51. The van der Waals surface area contributed by atoms with E-state index in [1.165, 1.54) is 57.5 Å². The molecule has 2 aliphatic rings. The van der Waals surface area contributed by atoms with E-state index in [4.69, 9.17) is 0 Å². The molecule has 0 aromatic heterocycles. The number of likely N-dealkylation sites (tertiary alicyclic amines) is 1. The Hall–Kier alpha value is 0.310. The number of nitrogens with one attached hydrogen (secondary N) is 2. The van der Waals surface area contributed by atoms with E-state index in [1.807, 2.05) is 7.05 Å². The van der Waals surface area contributed by atoms with Crippen LogP contribution in [0.25, 0.3) is 0 Å². The monoisotopic (exact) mass is 454 g/mol. The summed E-state index contributed by atoms with van der Waals surface area (Å²) in [7, 11) is 1.87. The first-order chi connectivity index (χ1) is 10.6.